The summed E-state index contributed by atoms with van der Waals surface area (Å²) in [5.41, 5.74) is 0.590. The van der Waals surface area contributed by atoms with E-state index in [1.165, 1.54) is 19.2 Å². The first-order valence-corrected chi connectivity index (χ1v) is 7.68. The van der Waals surface area contributed by atoms with Gasteiger partial charge in [0.15, 0.2) is 0 Å². The van der Waals surface area contributed by atoms with E-state index >= 15 is 0 Å². The fraction of sp³-hybridized carbons (Fsp3) is 0.500. The molecule has 0 aliphatic carbocycles. The summed E-state index contributed by atoms with van der Waals surface area (Å²) in [5, 5.41) is 10.7. The molecule has 1 aromatic carbocycles. The molecule has 0 spiro atoms. The molecule has 0 aromatic heterocycles. The molecule has 0 unspecified atom stereocenters. The SMILES string of the molecule is COc1cc(CO)ccc1S(=O)(=O)NN1CCOCC1. The van der Waals surface area contributed by atoms with Crippen molar-refractivity contribution in [2.24, 2.45) is 0 Å². The monoisotopic (exact) mass is 302 g/mol. The fourth-order valence-corrected chi connectivity index (χ4v) is 3.18. The fourth-order valence-electron chi connectivity index (χ4n) is 1.91. The Kier molecular flexibility index (Phi) is 4.95. The van der Waals surface area contributed by atoms with Crippen LogP contribution in [0.1, 0.15) is 5.56 Å². The highest BCUT2D eigenvalue weighted by atomic mass is 32.2. The molecule has 1 heterocycles. The van der Waals surface area contributed by atoms with E-state index in [1.54, 1.807) is 11.1 Å². The second-order valence-corrected chi connectivity index (χ2v) is 5.97. The molecule has 2 N–H and O–H groups in total. The van der Waals surface area contributed by atoms with Crippen molar-refractivity contribution in [2.75, 3.05) is 33.4 Å². The summed E-state index contributed by atoms with van der Waals surface area (Å²) >= 11 is 0. The highest BCUT2D eigenvalue weighted by Gasteiger charge is 2.23. The standard InChI is InChI=1S/C12H18N2O5S/c1-18-11-8-10(9-15)2-3-12(11)20(16,17)13-14-4-6-19-7-5-14/h2-3,8,13,15H,4-7,9H2,1H3. The lowest BCUT2D eigenvalue weighted by molar-refractivity contribution is 0.0272. The van der Waals surface area contributed by atoms with Crippen LogP contribution in [0.25, 0.3) is 0 Å². The molecule has 0 saturated carbocycles. The van der Waals surface area contributed by atoms with Crippen LogP contribution < -0.4 is 9.57 Å². The van der Waals surface area contributed by atoms with Gasteiger partial charge in [-0.1, -0.05) is 6.07 Å². The van der Waals surface area contributed by atoms with Gasteiger partial charge in [-0.25, -0.2) is 13.4 Å². The molecule has 0 radical (unpaired) electrons. The minimum atomic E-state index is -3.71. The second-order valence-electron chi connectivity index (χ2n) is 4.34. The van der Waals surface area contributed by atoms with Crippen LogP contribution in [0.5, 0.6) is 5.75 Å². The van der Waals surface area contributed by atoms with Gasteiger partial charge in [0.05, 0.1) is 26.9 Å². The highest BCUT2D eigenvalue weighted by Crippen LogP contribution is 2.25. The van der Waals surface area contributed by atoms with Crippen molar-refractivity contribution in [3.63, 3.8) is 0 Å². The van der Waals surface area contributed by atoms with E-state index in [-0.39, 0.29) is 17.3 Å². The lowest BCUT2D eigenvalue weighted by Gasteiger charge is -2.27. The van der Waals surface area contributed by atoms with Crippen LogP contribution in [0, 0.1) is 0 Å². The summed E-state index contributed by atoms with van der Waals surface area (Å²) in [7, 11) is -2.32. The zero-order chi connectivity index (χ0) is 14.6. The topological polar surface area (TPSA) is 88.1 Å². The number of sulfonamides is 1. The van der Waals surface area contributed by atoms with Crippen molar-refractivity contribution in [1.82, 2.24) is 9.84 Å². The van der Waals surface area contributed by atoms with Gasteiger partial charge in [0.1, 0.15) is 10.6 Å². The lowest BCUT2D eigenvalue weighted by atomic mass is 10.2. The predicted octanol–water partition coefficient (Wildman–Crippen LogP) is -0.287. The number of methoxy groups -OCH3 is 1. The number of hydrogen-bond acceptors (Lipinski definition) is 6. The van der Waals surface area contributed by atoms with Gasteiger partial charge in [-0.2, -0.15) is 0 Å². The van der Waals surface area contributed by atoms with Crippen LogP contribution in [0.3, 0.4) is 0 Å². The van der Waals surface area contributed by atoms with Gasteiger partial charge >= 0.3 is 0 Å². The Balaban J connectivity index is 2.24. The van der Waals surface area contributed by atoms with Gasteiger partial charge in [-0.05, 0) is 17.7 Å². The number of rotatable bonds is 5. The Morgan fingerprint density at radius 2 is 2.10 bits per heavy atom. The molecule has 0 amide bonds. The van der Waals surface area contributed by atoms with Gasteiger partial charge in [0, 0.05) is 13.1 Å². The largest absolute Gasteiger partial charge is 0.495 e. The first kappa shape index (κ1) is 15.2. The van der Waals surface area contributed by atoms with Crippen LogP contribution in [0.15, 0.2) is 23.1 Å². The molecule has 112 valence electrons. The van der Waals surface area contributed by atoms with Crippen LogP contribution >= 0.6 is 0 Å². The van der Waals surface area contributed by atoms with Crippen LogP contribution in [0.4, 0.5) is 0 Å². The van der Waals surface area contributed by atoms with Crippen molar-refractivity contribution in [2.45, 2.75) is 11.5 Å². The number of benzene rings is 1. The third kappa shape index (κ3) is 3.47. The minimum Gasteiger partial charge on any atom is -0.495 e. The molecule has 0 bridgehead atoms. The Hall–Kier alpha value is -1.19. The average molecular weight is 302 g/mol. The number of aliphatic hydroxyl groups excluding tert-OH is 1. The molecule has 2 rings (SSSR count). The van der Waals surface area contributed by atoms with Gasteiger partial charge in [0.25, 0.3) is 10.0 Å². The molecule has 8 heteroatoms. The van der Waals surface area contributed by atoms with Gasteiger partial charge in [-0.3, -0.25) is 0 Å². The minimum absolute atomic E-state index is 0.0451. The van der Waals surface area contributed by atoms with Gasteiger partial charge < -0.3 is 14.6 Å². The zero-order valence-corrected chi connectivity index (χ0v) is 12.0. The van der Waals surface area contributed by atoms with Crippen molar-refractivity contribution in [3.05, 3.63) is 23.8 Å². The molecule has 20 heavy (non-hydrogen) atoms. The predicted molar refractivity (Wildman–Crippen MR) is 71.6 cm³/mol. The van der Waals surface area contributed by atoms with E-state index in [4.69, 9.17) is 14.6 Å². The zero-order valence-electron chi connectivity index (χ0n) is 11.2. The number of nitrogens with one attached hydrogen (secondary N) is 1. The number of nitrogens with zero attached hydrogens (tertiary/aromatic N) is 1. The molecule has 1 aromatic rings. The van der Waals surface area contributed by atoms with E-state index in [0.29, 0.717) is 31.9 Å². The molecule has 0 atom stereocenters. The molecule has 1 aliphatic heterocycles. The van der Waals surface area contributed by atoms with Crippen molar-refractivity contribution >= 4 is 10.0 Å². The van der Waals surface area contributed by atoms with E-state index < -0.39 is 10.0 Å². The van der Waals surface area contributed by atoms with E-state index in [0.717, 1.165) is 0 Å². The summed E-state index contributed by atoms with van der Waals surface area (Å²) in [6.45, 7) is 1.80. The number of aliphatic hydroxyl groups is 1. The number of morpholine rings is 1. The summed E-state index contributed by atoms with van der Waals surface area (Å²) < 4.78 is 34.9. The third-order valence-corrected chi connectivity index (χ3v) is 4.38. The summed E-state index contributed by atoms with van der Waals surface area (Å²) in [6.07, 6.45) is 0. The Bertz CT molecular complexity index is 555. The van der Waals surface area contributed by atoms with E-state index in [2.05, 4.69) is 4.83 Å². The maximum Gasteiger partial charge on any atom is 0.257 e. The van der Waals surface area contributed by atoms with Crippen LogP contribution in [-0.4, -0.2) is 51.9 Å². The van der Waals surface area contributed by atoms with E-state index in [9.17, 15) is 8.42 Å². The first-order valence-electron chi connectivity index (χ1n) is 6.20. The maximum absolute atomic E-state index is 12.3. The molecule has 1 aliphatic rings. The van der Waals surface area contributed by atoms with Crippen molar-refractivity contribution in [3.8, 4) is 5.75 Å². The van der Waals surface area contributed by atoms with Gasteiger partial charge in [0.2, 0.25) is 0 Å². The van der Waals surface area contributed by atoms with E-state index in [1.807, 2.05) is 0 Å². The average Bonchev–Trinajstić information content (AvgIpc) is 2.47. The Morgan fingerprint density at radius 1 is 1.40 bits per heavy atom. The molecular weight excluding hydrogens is 284 g/mol. The lowest BCUT2D eigenvalue weighted by Crippen LogP contribution is -2.48. The Morgan fingerprint density at radius 3 is 2.70 bits per heavy atom. The maximum atomic E-state index is 12.3. The molecule has 1 fully saturated rings. The van der Waals surface area contributed by atoms with Crippen molar-refractivity contribution in [1.29, 1.82) is 0 Å². The highest BCUT2D eigenvalue weighted by molar-refractivity contribution is 7.89. The number of hydrazine groups is 1. The summed E-state index contributed by atoms with van der Waals surface area (Å²) in [6, 6.07) is 4.48. The van der Waals surface area contributed by atoms with Crippen molar-refractivity contribution < 1.29 is 23.0 Å². The summed E-state index contributed by atoms with van der Waals surface area (Å²) in [5.74, 6) is 0.206. The molecule has 1 saturated heterocycles. The molecule has 7 nitrogen and oxygen atoms in total. The third-order valence-electron chi connectivity index (χ3n) is 2.96. The number of hydrogen-bond donors (Lipinski definition) is 2. The molecular formula is C12H18N2O5S. The smallest absolute Gasteiger partial charge is 0.257 e. The quantitative estimate of drug-likeness (QED) is 0.777. The van der Waals surface area contributed by atoms with Gasteiger partial charge in [-0.15, -0.1) is 4.83 Å². The van der Waals surface area contributed by atoms with Crippen LogP contribution in [0.2, 0.25) is 0 Å². The van der Waals surface area contributed by atoms with Crippen LogP contribution in [-0.2, 0) is 21.4 Å². The second kappa shape index (κ2) is 6.51. The Labute approximate surface area is 118 Å². The summed E-state index contributed by atoms with van der Waals surface area (Å²) in [4.78, 5) is 2.55. The normalized spacial score (nSPS) is 17.1. The number of ether oxygens (including phenoxy) is 2. The first-order chi connectivity index (χ1) is 9.56.